The van der Waals surface area contributed by atoms with Crippen LogP contribution in [-0.4, -0.2) is 56.1 Å². The van der Waals surface area contributed by atoms with E-state index in [4.69, 9.17) is 4.74 Å². The predicted molar refractivity (Wildman–Crippen MR) is 83.5 cm³/mol. The summed E-state index contributed by atoms with van der Waals surface area (Å²) in [6, 6.07) is 6.95. The van der Waals surface area contributed by atoms with Crippen LogP contribution < -0.4 is 10.6 Å². The van der Waals surface area contributed by atoms with Gasteiger partial charge in [0.05, 0.1) is 12.7 Å². The van der Waals surface area contributed by atoms with Gasteiger partial charge >= 0.3 is 0 Å². The van der Waals surface area contributed by atoms with Crippen LogP contribution in [0, 0.1) is 0 Å². The van der Waals surface area contributed by atoms with E-state index < -0.39 is 0 Å². The largest absolute Gasteiger partial charge is 0.375 e. The molecule has 2 N–H and O–H groups in total. The first-order valence-electron chi connectivity index (χ1n) is 7.44. The highest BCUT2D eigenvalue weighted by atomic mass is 16.5. The van der Waals surface area contributed by atoms with Crippen molar-refractivity contribution in [3.63, 3.8) is 0 Å². The number of benzene rings is 1. The number of rotatable bonds is 4. The number of ether oxygens (including phenoxy) is 1. The molecule has 0 aliphatic carbocycles. The molecule has 22 heavy (non-hydrogen) atoms. The third kappa shape index (κ3) is 3.84. The number of nitrogens with one attached hydrogen (secondary N) is 2. The van der Waals surface area contributed by atoms with Crippen molar-refractivity contribution >= 4 is 11.8 Å². The fourth-order valence-electron chi connectivity index (χ4n) is 2.50. The van der Waals surface area contributed by atoms with Crippen molar-refractivity contribution in [3.8, 4) is 0 Å². The van der Waals surface area contributed by atoms with Gasteiger partial charge in [-0.3, -0.25) is 9.59 Å². The zero-order valence-corrected chi connectivity index (χ0v) is 13.3. The molecule has 0 spiro atoms. The van der Waals surface area contributed by atoms with E-state index in [2.05, 4.69) is 10.6 Å². The lowest BCUT2D eigenvalue weighted by atomic mass is 10.1. The molecule has 0 bridgehead atoms. The normalized spacial score (nSPS) is 21.2. The summed E-state index contributed by atoms with van der Waals surface area (Å²) in [5.41, 5.74) is 1.59. The molecule has 0 radical (unpaired) electrons. The highest BCUT2D eigenvalue weighted by molar-refractivity contribution is 5.93. The molecule has 1 aliphatic rings. The van der Waals surface area contributed by atoms with E-state index in [-0.39, 0.29) is 24.0 Å². The van der Waals surface area contributed by atoms with Crippen molar-refractivity contribution in [3.05, 3.63) is 35.4 Å². The SMILES string of the molecule is CNC(=O)c1ccc(CN(C)C(=O)[C@H]2NCCO[C@@H]2C)cc1. The first kappa shape index (κ1) is 16.5. The lowest BCUT2D eigenvalue weighted by Gasteiger charge is -2.32. The van der Waals surface area contributed by atoms with Gasteiger partial charge in [-0.2, -0.15) is 0 Å². The quantitative estimate of drug-likeness (QED) is 0.844. The summed E-state index contributed by atoms with van der Waals surface area (Å²) < 4.78 is 5.51. The monoisotopic (exact) mass is 305 g/mol. The molecule has 1 aromatic rings. The van der Waals surface area contributed by atoms with Crippen LogP contribution in [0.5, 0.6) is 0 Å². The van der Waals surface area contributed by atoms with Crippen LogP contribution in [0.3, 0.4) is 0 Å². The van der Waals surface area contributed by atoms with E-state index in [1.165, 1.54) is 0 Å². The van der Waals surface area contributed by atoms with Crippen molar-refractivity contribution in [1.82, 2.24) is 15.5 Å². The minimum absolute atomic E-state index is 0.0163. The highest BCUT2D eigenvalue weighted by Crippen LogP contribution is 2.11. The Morgan fingerprint density at radius 2 is 2.05 bits per heavy atom. The van der Waals surface area contributed by atoms with Crippen molar-refractivity contribution in [1.29, 1.82) is 0 Å². The van der Waals surface area contributed by atoms with E-state index in [0.717, 1.165) is 5.56 Å². The van der Waals surface area contributed by atoms with Crippen LogP contribution in [0.2, 0.25) is 0 Å². The zero-order chi connectivity index (χ0) is 16.1. The molecule has 1 aromatic carbocycles. The summed E-state index contributed by atoms with van der Waals surface area (Å²) in [5, 5.41) is 5.78. The molecule has 0 unspecified atom stereocenters. The number of carbonyl (C=O) groups is 2. The summed E-state index contributed by atoms with van der Waals surface area (Å²) in [6.45, 7) is 3.73. The fraction of sp³-hybridized carbons (Fsp3) is 0.500. The lowest BCUT2D eigenvalue weighted by Crippen LogP contribution is -2.55. The molecule has 6 nitrogen and oxygen atoms in total. The third-order valence-electron chi connectivity index (χ3n) is 3.82. The third-order valence-corrected chi connectivity index (χ3v) is 3.82. The number of hydrogen-bond donors (Lipinski definition) is 2. The van der Waals surface area contributed by atoms with Gasteiger partial charge in [-0.1, -0.05) is 12.1 Å². The maximum absolute atomic E-state index is 12.5. The Kier molecular flexibility index (Phi) is 5.51. The number of hydrogen-bond acceptors (Lipinski definition) is 4. The molecule has 2 amide bonds. The smallest absolute Gasteiger partial charge is 0.251 e. The molecule has 1 fully saturated rings. The zero-order valence-electron chi connectivity index (χ0n) is 13.3. The molecule has 0 aromatic heterocycles. The average Bonchev–Trinajstić information content (AvgIpc) is 2.54. The highest BCUT2D eigenvalue weighted by Gasteiger charge is 2.30. The van der Waals surface area contributed by atoms with Crippen LogP contribution in [0.25, 0.3) is 0 Å². The first-order chi connectivity index (χ1) is 10.5. The second kappa shape index (κ2) is 7.38. The number of amides is 2. The number of carbonyl (C=O) groups excluding carboxylic acids is 2. The van der Waals surface area contributed by atoms with E-state index >= 15 is 0 Å². The average molecular weight is 305 g/mol. The van der Waals surface area contributed by atoms with Crippen LogP contribution in [0.15, 0.2) is 24.3 Å². The van der Waals surface area contributed by atoms with Crippen molar-refractivity contribution in [2.75, 3.05) is 27.2 Å². The van der Waals surface area contributed by atoms with Gasteiger partial charge in [-0.25, -0.2) is 0 Å². The fourth-order valence-corrected chi connectivity index (χ4v) is 2.50. The Hall–Kier alpha value is -1.92. The lowest BCUT2D eigenvalue weighted by molar-refractivity contribution is -0.138. The second-order valence-electron chi connectivity index (χ2n) is 5.48. The van der Waals surface area contributed by atoms with Gasteiger partial charge in [0.1, 0.15) is 6.04 Å². The molecule has 6 heteroatoms. The Morgan fingerprint density at radius 3 is 2.64 bits per heavy atom. The van der Waals surface area contributed by atoms with E-state index in [1.807, 2.05) is 19.1 Å². The predicted octanol–water partition coefficient (Wildman–Crippen LogP) is 0.382. The Morgan fingerprint density at radius 1 is 1.36 bits per heavy atom. The van der Waals surface area contributed by atoms with E-state index in [9.17, 15) is 9.59 Å². The number of likely N-dealkylation sites (N-methyl/N-ethyl adjacent to an activating group) is 1. The topological polar surface area (TPSA) is 70.7 Å². The summed E-state index contributed by atoms with van der Waals surface area (Å²) in [5.74, 6) is -0.101. The first-order valence-corrected chi connectivity index (χ1v) is 7.44. The molecular formula is C16H23N3O3. The molecule has 1 saturated heterocycles. The maximum atomic E-state index is 12.5. The van der Waals surface area contributed by atoms with Gasteiger partial charge in [0.2, 0.25) is 5.91 Å². The van der Waals surface area contributed by atoms with Crippen LogP contribution in [-0.2, 0) is 16.1 Å². The van der Waals surface area contributed by atoms with Gasteiger partial charge in [0.15, 0.2) is 0 Å². The minimum Gasteiger partial charge on any atom is -0.375 e. The minimum atomic E-state index is -0.302. The van der Waals surface area contributed by atoms with Crippen LogP contribution in [0.4, 0.5) is 0 Å². The summed E-state index contributed by atoms with van der Waals surface area (Å²) in [4.78, 5) is 25.6. The van der Waals surface area contributed by atoms with E-state index in [0.29, 0.717) is 25.3 Å². The molecule has 120 valence electrons. The maximum Gasteiger partial charge on any atom is 0.251 e. The number of morpholine rings is 1. The van der Waals surface area contributed by atoms with Crippen molar-refractivity contribution < 1.29 is 14.3 Å². The van der Waals surface area contributed by atoms with Crippen molar-refractivity contribution in [2.45, 2.75) is 25.6 Å². The van der Waals surface area contributed by atoms with Gasteiger partial charge in [0, 0.05) is 32.7 Å². The number of nitrogens with zero attached hydrogens (tertiary/aromatic N) is 1. The van der Waals surface area contributed by atoms with Gasteiger partial charge in [-0.15, -0.1) is 0 Å². The van der Waals surface area contributed by atoms with Crippen LogP contribution in [0.1, 0.15) is 22.8 Å². The Labute approximate surface area is 130 Å². The van der Waals surface area contributed by atoms with Gasteiger partial charge < -0.3 is 20.3 Å². The van der Waals surface area contributed by atoms with E-state index in [1.54, 1.807) is 31.1 Å². The molecule has 2 rings (SSSR count). The van der Waals surface area contributed by atoms with Gasteiger partial charge in [-0.05, 0) is 24.6 Å². The van der Waals surface area contributed by atoms with Crippen molar-refractivity contribution in [2.24, 2.45) is 0 Å². The Balaban J connectivity index is 1.97. The standard InChI is InChI=1S/C16H23N3O3/c1-11-14(18-8-9-22-11)16(21)19(3)10-12-4-6-13(7-5-12)15(20)17-2/h4-7,11,14,18H,8-10H2,1-3H3,(H,17,20)/t11-,14+/m1/s1. The molecule has 2 atom stereocenters. The molecule has 1 aliphatic heterocycles. The summed E-state index contributed by atoms with van der Waals surface area (Å²) in [7, 11) is 3.38. The molecule has 0 saturated carbocycles. The van der Waals surface area contributed by atoms with Crippen LogP contribution >= 0.6 is 0 Å². The molecular weight excluding hydrogens is 282 g/mol. The van der Waals surface area contributed by atoms with Gasteiger partial charge in [0.25, 0.3) is 5.91 Å². The summed E-state index contributed by atoms with van der Waals surface area (Å²) >= 11 is 0. The Bertz CT molecular complexity index is 530. The summed E-state index contributed by atoms with van der Waals surface area (Å²) in [6.07, 6.45) is -0.126. The second-order valence-corrected chi connectivity index (χ2v) is 5.48. The molecule has 1 heterocycles.